The fourth-order valence-electron chi connectivity index (χ4n) is 3.68. The van der Waals surface area contributed by atoms with Crippen LogP contribution in [0.1, 0.15) is 0 Å². The number of hydrogen-bond acceptors (Lipinski definition) is 1. The van der Waals surface area contributed by atoms with E-state index in [-0.39, 0.29) is 0 Å². The van der Waals surface area contributed by atoms with Crippen molar-refractivity contribution < 1.29 is 0 Å². The van der Waals surface area contributed by atoms with Gasteiger partial charge in [-0.3, -0.25) is 14.0 Å². The fourth-order valence-corrected chi connectivity index (χ4v) is 15.8. The third kappa shape index (κ3) is 5.60. The van der Waals surface area contributed by atoms with E-state index in [0.717, 1.165) is 0 Å². The average molecular weight is 496 g/mol. The minimum absolute atomic E-state index is 0.955. The maximum absolute atomic E-state index is 5.73. The van der Waals surface area contributed by atoms with Crippen LogP contribution in [0.4, 0.5) is 0 Å². The summed E-state index contributed by atoms with van der Waals surface area (Å²) in [7, 11) is 15.6. The number of benzene rings is 2. The highest BCUT2D eigenvalue weighted by molar-refractivity contribution is 7.80. The maximum Gasteiger partial charge on any atom is 0.216 e. The molecule has 0 radical (unpaired) electrons. The third-order valence-electron chi connectivity index (χ3n) is 5.13. The standard InChI is InChI=1S/C22H40N7P3/c1-25(2)31(26(3)4,24-32(27(5)6,28(7)8)29(9)10)23-30(21-17-13-11-14-18-21)22-19-15-12-16-20-22/h11-20H,1-10H3. The van der Waals surface area contributed by atoms with E-state index in [9.17, 15) is 0 Å². The van der Waals surface area contributed by atoms with Crippen LogP contribution in [0, 0.1) is 0 Å². The summed E-state index contributed by atoms with van der Waals surface area (Å²) in [4.78, 5) is 0. The molecule has 0 aliphatic heterocycles. The van der Waals surface area contributed by atoms with Gasteiger partial charge in [0, 0.05) is 10.6 Å². The first-order chi connectivity index (χ1) is 15.0. The van der Waals surface area contributed by atoms with Gasteiger partial charge < -0.3 is 0 Å². The van der Waals surface area contributed by atoms with Crippen molar-refractivity contribution in [3.8, 4) is 0 Å². The molecule has 0 aliphatic rings. The van der Waals surface area contributed by atoms with Crippen molar-refractivity contribution in [1.82, 2.24) is 23.4 Å². The van der Waals surface area contributed by atoms with Gasteiger partial charge in [0.05, 0.1) is 8.07 Å². The summed E-state index contributed by atoms with van der Waals surface area (Å²) < 4.78 is 22.7. The van der Waals surface area contributed by atoms with Gasteiger partial charge in [0.2, 0.25) is 7.51 Å². The first-order valence-electron chi connectivity index (χ1n) is 10.5. The third-order valence-corrected chi connectivity index (χ3v) is 15.7. The summed E-state index contributed by atoms with van der Waals surface area (Å²) in [5.74, 6) is 0. The second-order valence-electron chi connectivity index (χ2n) is 8.47. The highest BCUT2D eigenvalue weighted by Crippen LogP contribution is 2.70. The van der Waals surface area contributed by atoms with Gasteiger partial charge in [-0.25, -0.2) is 13.9 Å². The zero-order chi connectivity index (χ0) is 24.1. The Morgan fingerprint density at radius 1 is 0.531 bits per heavy atom. The Balaban J connectivity index is 3.00. The molecule has 32 heavy (non-hydrogen) atoms. The van der Waals surface area contributed by atoms with Gasteiger partial charge in [0.1, 0.15) is 0 Å². The predicted molar refractivity (Wildman–Crippen MR) is 146 cm³/mol. The SMILES string of the molecule is CN(C)P(=NP(c1ccccc1)c1ccccc1)(N=P(N(C)C)(N(C)C)N(C)C)N(C)C. The van der Waals surface area contributed by atoms with E-state index in [0.29, 0.717) is 0 Å². The molecule has 10 heteroatoms. The van der Waals surface area contributed by atoms with E-state index in [4.69, 9.17) is 9.03 Å². The molecule has 0 amide bonds. The molecule has 0 unspecified atom stereocenters. The fraction of sp³-hybridized carbons (Fsp3) is 0.455. The molecule has 0 spiro atoms. The Hall–Kier alpha value is -0.870. The molecule has 2 aromatic carbocycles. The monoisotopic (exact) mass is 495 g/mol. The van der Waals surface area contributed by atoms with Crippen molar-refractivity contribution in [3.63, 3.8) is 0 Å². The normalized spacial score (nSPS) is 13.1. The molecular formula is C22H40N7P3. The summed E-state index contributed by atoms with van der Waals surface area (Å²) in [6.45, 7) is 0. The van der Waals surface area contributed by atoms with E-state index >= 15 is 0 Å². The zero-order valence-electron chi connectivity index (χ0n) is 21.2. The summed E-state index contributed by atoms with van der Waals surface area (Å²) in [5.41, 5.74) is 0. The van der Waals surface area contributed by atoms with E-state index in [2.05, 4.69) is 154 Å². The second-order valence-corrected chi connectivity index (χ2v) is 17.7. The topological polar surface area (TPSA) is 40.9 Å². The number of rotatable bonds is 9. The molecule has 2 aromatic rings. The minimum Gasteiger partial charge on any atom is -0.252 e. The Kier molecular flexibility index (Phi) is 9.85. The lowest BCUT2D eigenvalue weighted by Gasteiger charge is -2.45. The summed E-state index contributed by atoms with van der Waals surface area (Å²) in [6.07, 6.45) is 0. The first-order valence-corrected chi connectivity index (χ1v) is 15.0. The molecule has 2 rings (SSSR count). The van der Waals surface area contributed by atoms with E-state index in [1.807, 2.05) is 0 Å². The Morgan fingerprint density at radius 2 is 0.875 bits per heavy atom. The van der Waals surface area contributed by atoms with Gasteiger partial charge in [0.25, 0.3) is 0 Å². The number of hydrogen-bond donors (Lipinski definition) is 0. The van der Waals surface area contributed by atoms with E-state index in [1.54, 1.807) is 0 Å². The molecule has 0 fully saturated rings. The van der Waals surface area contributed by atoms with Crippen LogP contribution in [0.2, 0.25) is 0 Å². The lowest BCUT2D eigenvalue weighted by Crippen LogP contribution is -2.32. The largest absolute Gasteiger partial charge is 0.252 e. The highest BCUT2D eigenvalue weighted by Gasteiger charge is 2.36. The molecule has 0 atom stereocenters. The van der Waals surface area contributed by atoms with Crippen LogP contribution < -0.4 is 10.6 Å². The maximum atomic E-state index is 5.73. The van der Waals surface area contributed by atoms with E-state index in [1.165, 1.54) is 10.6 Å². The van der Waals surface area contributed by atoms with Crippen LogP contribution in [0.5, 0.6) is 0 Å². The molecule has 7 nitrogen and oxygen atoms in total. The molecule has 0 bridgehead atoms. The van der Waals surface area contributed by atoms with Crippen LogP contribution in [-0.2, 0) is 0 Å². The lowest BCUT2D eigenvalue weighted by atomic mass is 10.4. The Morgan fingerprint density at radius 3 is 1.16 bits per heavy atom. The van der Waals surface area contributed by atoms with Gasteiger partial charge >= 0.3 is 0 Å². The predicted octanol–water partition coefficient (Wildman–Crippen LogP) is 4.73. The van der Waals surface area contributed by atoms with Crippen LogP contribution in [-0.4, -0.2) is 93.8 Å². The second kappa shape index (κ2) is 11.5. The van der Waals surface area contributed by atoms with Crippen molar-refractivity contribution in [3.05, 3.63) is 60.7 Å². The summed E-state index contributed by atoms with van der Waals surface area (Å²) in [5, 5.41) is 2.47. The van der Waals surface area contributed by atoms with Crippen molar-refractivity contribution in [2.45, 2.75) is 0 Å². The Labute approximate surface area is 197 Å². The van der Waals surface area contributed by atoms with E-state index < -0.39 is 23.1 Å². The van der Waals surface area contributed by atoms with Gasteiger partial charge in [-0.15, -0.1) is 0 Å². The smallest absolute Gasteiger partial charge is 0.216 e. The van der Waals surface area contributed by atoms with Crippen LogP contribution in [0.15, 0.2) is 69.7 Å². The Bertz CT molecular complexity index is 878. The van der Waals surface area contributed by atoms with Gasteiger partial charge in [-0.1, -0.05) is 60.7 Å². The van der Waals surface area contributed by atoms with Crippen molar-refractivity contribution in [2.24, 2.45) is 9.03 Å². The lowest BCUT2D eigenvalue weighted by molar-refractivity contribution is 0.472. The van der Waals surface area contributed by atoms with Crippen LogP contribution in [0.3, 0.4) is 0 Å². The van der Waals surface area contributed by atoms with Gasteiger partial charge in [0.15, 0.2) is 7.51 Å². The van der Waals surface area contributed by atoms with Gasteiger partial charge in [-0.05, 0) is 70.5 Å². The van der Waals surface area contributed by atoms with Crippen LogP contribution in [0.25, 0.3) is 0 Å². The van der Waals surface area contributed by atoms with Crippen molar-refractivity contribution in [2.75, 3.05) is 70.5 Å². The molecular weight excluding hydrogens is 455 g/mol. The molecule has 0 saturated heterocycles. The van der Waals surface area contributed by atoms with Crippen molar-refractivity contribution in [1.29, 1.82) is 0 Å². The molecule has 0 saturated carbocycles. The number of nitrogens with zero attached hydrogens (tertiary/aromatic N) is 7. The van der Waals surface area contributed by atoms with Gasteiger partial charge in [-0.2, -0.15) is 4.52 Å². The van der Waals surface area contributed by atoms with Crippen molar-refractivity contribution >= 4 is 33.7 Å². The quantitative estimate of drug-likeness (QED) is 0.471. The molecule has 178 valence electrons. The average Bonchev–Trinajstić information content (AvgIpc) is 2.74. The molecule has 0 aliphatic carbocycles. The summed E-state index contributed by atoms with van der Waals surface area (Å²) >= 11 is 0. The molecule has 0 aromatic heterocycles. The van der Waals surface area contributed by atoms with Crippen LogP contribution >= 0.6 is 23.1 Å². The first kappa shape index (κ1) is 27.4. The molecule has 0 N–H and O–H groups in total. The highest BCUT2D eigenvalue weighted by atomic mass is 31.2. The molecule has 0 heterocycles. The summed E-state index contributed by atoms with van der Waals surface area (Å²) in [6, 6.07) is 21.3. The minimum atomic E-state index is -2.44. The zero-order valence-corrected chi connectivity index (χ0v) is 23.9.